The van der Waals surface area contributed by atoms with E-state index in [0.717, 1.165) is 18.7 Å². The summed E-state index contributed by atoms with van der Waals surface area (Å²) < 4.78 is 34.9. The molecule has 0 radical (unpaired) electrons. The summed E-state index contributed by atoms with van der Waals surface area (Å²) in [5, 5.41) is 12.8. The number of rotatable bonds is 6. The Hall–Kier alpha value is -3.01. The highest BCUT2D eigenvalue weighted by molar-refractivity contribution is 6.03. The number of amides is 1. The SMILES string of the molecule is Cl.O=C(Nc1ccc(C2CNCCO2)cc1)c1cc(-c2cccc(OC(F)F)c2)n[nH]1. The second-order valence-corrected chi connectivity index (χ2v) is 6.71. The molecule has 1 unspecified atom stereocenters. The standard InChI is InChI=1S/C21H20F2N4O3.ClH/c22-21(23)30-16-3-1-2-14(10-16)17-11-18(27-26-17)20(28)25-15-6-4-13(5-7-15)19-12-24-8-9-29-19;/h1-7,10-11,19,21,24H,8-9,12H2,(H,25,28)(H,26,27);1H. The van der Waals surface area contributed by atoms with Gasteiger partial charge in [-0.15, -0.1) is 12.4 Å². The minimum Gasteiger partial charge on any atom is -0.435 e. The van der Waals surface area contributed by atoms with Crippen LogP contribution >= 0.6 is 12.4 Å². The Morgan fingerprint density at radius 3 is 2.71 bits per heavy atom. The van der Waals surface area contributed by atoms with E-state index in [0.29, 0.717) is 23.6 Å². The van der Waals surface area contributed by atoms with Crippen molar-refractivity contribution in [2.24, 2.45) is 0 Å². The van der Waals surface area contributed by atoms with Crippen LogP contribution in [-0.4, -0.2) is 42.4 Å². The zero-order chi connectivity index (χ0) is 20.9. The van der Waals surface area contributed by atoms with Gasteiger partial charge in [0, 0.05) is 24.3 Å². The Morgan fingerprint density at radius 1 is 1.19 bits per heavy atom. The first kappa shape index (κ1) is 22.7. The number of aromatic amines is 1. The van der Waals surface area contributed by atoms with E-state index in [2.05, 4.69) is 25.6 Å². The van der Waals surface area contributed by atoms with E-state index in [-0.39, 0.29) is 35.9 Å². The van der Waals surface area contributed by atoms with Crippen LogP contribution in [0.15, 0.2) is 54.6 Å². The van der Waals surface area contributed by atoms with Gasteiger partial charge in [-0.05, 0) is 35.9 Å². The van der Waals surface area contributed by atoms with Crippen molar-refractivity contribution in [3.05, 3.63) is 65.9 Å². The molecule has 1 fully saturated rings. The fourth-order valence-corrected chi connectivity index (χ4v) is 3.18. The zero-order valence-corrected chi connectivity index (χ0v) is 17.1. The summed E-state index contributed by atoms with van der Waals surface area (Å²) in [5.41, 5.74) is 2.91. The number of halogens is 3. The number of carbonyl (C=O) groups is 1. The highest BCUT2D eigenvalue weighted by atomic mass is 35.5. The lowest BCUT2D eigenvalue weighted by molar-refractivity contribution is -0.0498. The van der Waals surface area contributed by atoms with E-state index >= 15 is 0 Å². The maximum absolute atomic E-state index is 12.5. The molecule has 1 amide bonds. The Labute approximate surface area is 183 Å². The van der Waals surface area contributed by atoms with Crippen molar-refractivity contribution in [1.82, 2.24) is 15.5 Å². The van der Waals surface area contributed by atoms with Gasteiger partial charge in [-0.25, -0.2) is 0 Å². The number of ether oxygens (including phenoxy) is 2. The summed E-state index contributed by atoms with van der Waals surface area (Å²) in [5.74, 6) is -0.342. The smallest absolute Gasteiger partial charge is 0.387 e. The number of anilines is 1. The number of carbonyl (C=O) groups excluding carboxylic acids is 1. The largest absolute Gasteiger partial charge is 0.435 e. The van der Waals surface area contributed by atoms with Gasteiger partial charge in [-0.2, -0.15) is 13.9 Å². The van der Waals surface area contributed by atoms with Gasteiger partial charge < -0.3 is 20.1 Å². The molecule has 1 aliphatic heterocycles. The highest BCUT2D eigenvalue weighted by Crippen LogP contribution is 2.25. The monoisotopic (exact) mass is 450 g/mol. The highest BCUT2D eigenvalue weighted by Gasteiger charge is 2.16. The normalized spacial score (nSPS) is 15.9. The van der Waals surface area contributed by atoms with Gasteiger partial charge in [0.25, 0.3) is 5.91 Å². The number of nitrogens with one attached hydrogen (secondary N) is 3. The van der Waals surface area contributed by atoms with Crippen molar-refractivity contribution in [2.45, 2.75) is 12.7 Å². The number of alkyl halides is 2. The van der Waals surface area contributed by atoms with Crippen molar-refractivity contribution in [3.63, 3.8) is 0 Å². The van der Waals surface area contributed by atoms with Crippen LogP contribution in [0.25, 0.3) is 11.3 Å². The van der Waals surface area contributed by atoms with Crippen LogP contribution in [0.5, 0.6) is 5.75 Å². The van der Waals surface area contributed by atoms with Gasteiger partial charge in [0.05, 0.1) is 18.4 Å². The predicted octanol–water partition coefficient (Wildman–Crippen LogP) is 4.01. The fraction of sp³-hybridized carbons (Fsp3) is 0.238. The van der Waals surface area contributed by atoms with Gasteiger partial charge in [0.15, 0.2) is 0 Å². The van der Waals surface area contributed by atoms with Crippen molar-refractivity contribution < 1.29 is 23.0 Å². The van der Waals surface area contributed by atoms with Gasteiger partial charge >= 0.3 is 6.61 Å². The van der Waals surface area contributed by atoms with E-state index in [1.54, 1.807) is 18.2 Å². The van der Waals surface area contributed by atoms with E-state index in [1.165, 1.54) is 12.1 Å². The predicted molar refractivity (Wildman–Crippen MR) is 114 cm³/mol. The second kappa shape index (κ2) is 10.3. The van der Waals surface area contributed by atoms with E-state index in [1.807, 2.05) is 24.3 Å². The lowest BCUT2D eigenvalue weighted by Gasteiger charge is -2.24. The molecule has 10 heteroatoms. The lowest BCUT2D eigenvalue weighted by atomic mass is 10.1. The average Bonchev–Trinajstić information content (AvgIpc) is 3.25. The molecule has 164 valence electrons. The summed E-state index contributed by atoms with van der Waals surface area (Å²) in [4.78, 5) is 12.5. The summed E-state index contributed by atoms with van der Waals surface area (Å²) in [6.45, 7) is -0.636. The van der Waals surface area contributed by atoms with Gasteiger partial charge in [0.2, 0.25) is 0 Å². The first-order valence-corrected chi connectivity index (χ1v) is 9.43. The number of H-pyrrole nitrogens is 1. The molecule has 1 aromatic heterocycles. The van der Waals surface area contributed by atoms with Crippen LogP contribution in [0, 0.1) is 0 Å². The molecule has 1 saturated heterocycles. The molecule has 1 aliphatic rings. The molecule has 4 rings (SSSR count). The molecule has 1 atom stereocenters. The first-order chi connectivity index (χ1) is 14.6. The van der Waals surface area contributed by atoms with E-state index in [4.69, 9.17) is 4.74 Å². The number of morpholine rings is 1. The summed E-state index contributed by atoms with van der Waals surface area (Å²) in [6, 6.07) is 15.1. The second-order valence-electron chi connectivity index (χ2n) is 6.71. The fourth-order valence-electron chi connectivity index (χ4n) is 3.18. The Kier molecular flexibility index (Phi) is 7.56. The Balaban J connectivity index is 0.00000272. The molecule has 3 N–H and O–H groups in total. The lowest BCUT2D eigenvalue weighted by Crippen LogP contribution is -2.33. The minimum absolute atomic E-state index is 0. The van der Waals surface area contributed by atoms with Crippen LogP contribution in [0.1, 0.15) is 22.2 Å². The van der Waals surface area contributed by atoms with E-state index in [9.17, 15) is 13.6 Å². The minimum atomic E-state index is -2.91. The molecule has 31 heavy (non-hydrogen) atoms. The average molecular weight is 451 g/mol. The van der Waals surface area contributed by atoms with Gasteiger partial charge in [-0.1, -0.05) is 24.3 Å². The molecular weight excluding hydrogens is 430 g/mol. The van der Waals surface area contributed by atoms with Crippen molar-refractivity contribution in [3.8, 4) is 17.0 Å². The number of benzene rings is 2. The van der Waals surface area contributed by atoms with Crippen LogP contribution in [0.3, 0.4) is 0 Å². The maximum atomic E-state index is 12.5. The third-order valence-corrected chi connectivity index (χ3v) is 4.65. The molecule has 3 aromatic rings. The maximum Gasteiger partial charge on any atom is 0.387 e. The van der Waals surface area contributed by atoms with Gasteiger partial charge in [-0.3, -0.25) is 9.89 Å². The van der Waals surface area contributed by atoms with Crippen LogP contribution in [0.4, 0.5) is 14.5 Å². The molecule has 7 nitrogen and oxygen atoms in total. The molecule has 0 saturated carbocycles. The van der Waals surface area contributed by atoms with E-state index < -0.39 is 6.61 Å². The van der Waals surface area contributed by atoms with Crippen LogP contribution in [-0.2, 0) is 4.74 Å². The number of aromatic nitrogens is 2. The Morgan fingerprint density at radius 2 is 2.00 bits per heavy atom. The number of hydrogen-bond donors (Lipinski definition) is 3. The molecule has 2 heterocycles. The topological polar surface area (TPSA) is 88.3 Å². The molecule has 0 bridgehead atoms. The third kappa shape index (κ3) is 5.78. The van der Waals surface area contributed by atoms with Crippen LogP contribution in [0.2, 0.25) is 0 Å². The van der Waals surface area contributed by atoms with Crippen LogP contribution < -0.4 is 15.4 Å². The number of nitrogens with zero attached hydrogens (tertiary/aromatic N) is 1. The summed E-state index contributed by atoms with van der Waals surface area (Å²) in [6.07, 6.45) is 0.00322. The summed E-state index contributed by atoms with van der Waals surface area (Å²) >= 11 is 0. The molecule has 0 aliphatic carbocycles. The van der Waals surface area contributed by atoms with Gasteiger partial charge in [0.1, 0.15) is 11.4 Å². The summed E-state index contributed by atoms with van der Waals surface area (Å²) in [7, 11) is 0. The third-order valence-electron chi connectivity index (χ3n) is 4.65. The molecule has 2 aromatic carbocycles. The molecule has 0 spiro atoms. The zero-order valence-electron chi connectivity index (χ0n) is 16.3. The van der Waals surface area contributed by atoms with Crippen molar-refractivity contribution >= 4 is 24.0 Å². The quantitative estimate of drug-likeness (QED) is 0.528. The Bertz CT molecular complexity index is 1010. The van der Waals surface area contributed by atoms with Crippen molar-refractivity contribution in [2.75, 3.05) is 25.0 Å². The first-order valence-electron chi connectivity index (χ1n) is 9.43. The number of hydrogen-bond acceptors (Lipinski definition) is 5. The van der Waals surface area contributed by atoms with Crippen molar-refractivity contribution in [1.29, 1.82) is 0 Å². The molecular formula is C21H21ClF2N4O3.